The Morgan fingerprint density at radius 1 is 1.21 bits per heavy atom. The number of benzene rings is 2. The molecular formula is C20H23NO3. The van der Waals surface area contributed by atoms with E-state index in [2.05, 4.69) is 0 Å². The Labute approximate surface area is 142 Å². The minimum atomic E-state index is -0.574. The van der Waals surface area contributed by atoms with E-state index < -0.39 is 6.10 Å². The van der Waals surface area contributed by atoms with Gasteiger partial charge in [0.1, 0.15) is 5.75 Å². The number of aromatic hydroxyl groups is 1. The maximum Gasteiger partial charge on any atom is 0.254 e. The monoisotopic (exact) mass is 325 g/mol. The molecule has 0 bridgehead atoms. The van der Waals surface area contributed by atoms with Gasteiger partial charge in [0.2, 0.25) is 0 Å². The van der Waals surface area contributed by atoms with Gasteiger partial charge in [-0.25, -0.2) is 0 Å². The highest BCUT2D eigenvalue weighted by molar-refractivity contribution is 5.96. The zero-order valence-electron chi connectivity index (χ0n) is 13.9. The number of hydrogen-bond donors (Lipinski definition) is 2. The van der Waals surface area contributed by atoms with Gasteiger partial charge in [0.05, 0.1) is 6.10 Å². The van der Waals surface area contributed by atoms with E-state index in [1.54, 1.807) is 25.1 Å². The van der Waals surface area contributed by atoms with Crippen LogP contribution in [-0.2, 0) is 0 Å². The number of aliphatic hydroxyl groups is 1. The van der Waals surface area contributed by atoms with Crippen LogP contribution >= 0.6 is 0 Å². The summed E-state index contributed by atoms with van der Waals surface area (Å²) in [7, 11) is 0. The number of aliphatic hydroxyl groups excluding tert-OH is 1. The van der Waals surface area contributed by atoms with E-state index in [4.69, 9.17) is 0 Å². The number of rotatable bonds is 4. The van der Waals surface area contributed by atoms with Gasteiger partial charge >= 0.3 is 0 Å². The average molecular weight is 325 g/mol. The van der Waals surface area contributed by atoms with E-state index >= 15 is 0 Å². The molecule has 4 nitrogen and oxygen atoms in total. The van der Waals surface area contributed by atoms with E-state index in [9.17, 15) is 15.0 Å². The van der Waals surface area contributed by atoms with Gasteiger partial charge in [-0.1, -0.05) is 36.4 Å². The fourth-order valence-corrected chi connectivity index (χ4v) is 3.43. The number of amides is 1. The summed E-state index contributed by atoms with van der Waals surface area (Å²) in [6, 6.07) is 14.6. The van der Waals surface area contributed by atoms with Crippen LogP contribution in [0, 0.1) is 6.92 Å². The molecule has 0 aliphatic carbocycles. The summed E-state index contributed by atoms with van der Waals surface area (Å²) in [5.41, 5.74) is 2.03. The quantitative estimate of drug-likeness (QED) is 0.905. The van der Waals surface area contributed by atoms with Crippen LogP contribution in [0.15, 0.2) is 48.5 Å². The molecule has 24 heavy (non-hydrogen) atoms. The second-order valence-corrected chi connectivity index (χ2v) is 6.41. The van der Waals surface area contributed by atoms with E-state index in [0.29, 0.717) is 24.1 Å². The number of likely N-dealkylation sites (tertiary alicyclic amines) is 1. The highest BCUT2D eigenvalue weighted by Crippen LogP contribution is 2.30. The number of hydrogen-bond acceptors (Lipinski definition) is 3. The van der Waals surface area contributed by atoms with Crippen molar-refractivity contribution in [2.75, 3.05) is 6.54 Å². The normalized spacial score (nSPS) is 18.6. The van der Waals surface area contributed by atoms with Gasteiger partial charge in [0.15, 0.2) is 0 Å². The lowest BCUT2D eigenvalue weighted by Gasteiger charge is -2.27. The summed E-state index contributed by atoms with van der Waals surface area (Å²) in [5.74, 6) is 0.0760. The lowest BCUT2D eigenvalue weighted by Crippen LogP contribution is -2.36. The Balaban J connectivity index is 1.76. The summed E-state index contributed by atoms with van der Waals surface area (Å²) >= 11 is 0. The van der Waals surface area contributed by atoms with Gasteiger partial charge in [-0.05, 0) is 43.9 Å². The molecule has 1 saturated heterocycles. The zero-order valence-corrected chi connectivity index (χ0v) is 13.9. The lowest BCUT2D eigenvalue weighted by atomic mass is 9.99. The first-order valence-corrected chi connectivity index (χ1v) is 8.40. The maximum absolute atomic E-state index is 12.9. The topological polar surface area (TPSA) is 60.8 Å². The second-order valence-electron chi connectivity index (χ2n) is 6.41. The van der Waals surface area contributed by atoms with Crippen molar-refractivity contribution in [3.05, 3.63) is 65.2 Å². The Bertz CT molecular complexity index is 714. The molecule has 3 rings (SSSR count). The molecule has 2 aromatic rings. The molecule has 1 fully saturated rings. The van der Waals surface area contributed by atoms with Gasteiger partial charge in [0.25, 0.3) is 5.91 Å². The van der Waals surface area contributed by atoms with Crippen LogP contribution in [0.2, 0.25) is 0 Å². The molecule has 1 aliphatic rings. The fraction of sp³-hybridized carbons (Fsp3) is 0.350. The number of phenols is 1. The summed E-state index contributed by atoms with van der Waals surface area (Å²) < 4.78 is 0. The van der Waals surface area contributed by atoms with Crippen molar-refractivity contribution in [2.45, 2.75) is 38.3 Å². The smallest absolute Gasteiger partial charge is 0.254 e. The van der Waals surface area contributed by atoms with Gasteiger partial charge in [0, 0.05) is 23.7 Å². The molecule has 0 aromatic heterocycles. The standard InChI is InChI=1S/C20H23NO3/c1-14-17(10-5-11-18(14)22)20(24)21-12-6-9-16(21)13-19(23)15-7-3-2-4-8-15/h2-5,7-8,10-11,16,19,22-23H,6,9,12-13H2,1H3. The largest absolute Gasteiger partial charge is 0.508 e. The van der Waals surface area contributed by atoms with Gasteiger partial charge in [-0.2, -0.15) is 0 Å². The molecule has 126 valence electrons. The maximum atomic E-state index is 12.9. The summed E-state index contributed by atoms with van der Waals surface area (Å²) in [5, 5.41) is 20.3. The van der Waals surface area contributed by atoms with Crippen molar-refractivity contribution in [2.24, 2.45) is 0 Å². The molecule has 1 heterocycles. The highest BCUT2D eigenvalue weighted by atomic mass is 16.3. The molecule has 0 radical (unpaired) electrons. The summed E-state index contributed by atoms with van der Waals surface area (Å²) in [4.78, 5) is 14.7. The molecule has 2 N–H and O–H groups in total. The van der Waals surface area contributed by atoms with Crippen molar-refractivity contribution < 1.29 is 15.0 Å². The molecule has 2 atom stereocenters. The minimum Gasteiger partial charge on any atom is -0.508 e. The Kier molecular flexibility index (Phi) is 4.86. The Hall–Kier alpha value is -2.33. The van der Waals surface area contributed by atoms with Gasteiger partial charge < -0.3 is 15.1 Å². The van der Waals surface area contributed by atoms with Crippen LogP contribution < -0.4 is 0 Å². The molecule has 0 spiro atoms. The van der Waals surface area contributed by atoms with Crippen molar-refractivity contribution in [1.82, 2.24) is 4.90 Å². The zero-order chi connectivity index (χ0) is 17.1. The third-order valence-corrected chi connectivity index (χ3v) is 4.85. The Morgan fingerprint density at radius 3 is 2.71 bits per heavy atom. The van der Waals surface area contributed by atoms with Crippen molar-refractivity contribution >= 4 is 5.91 Å². The number of carbonyl (C=O) groups excluding carboxylic acids is 1. The van der Waals surface area contributed by atoms with Crippen LogP contribution in [-0.4, -0.2) is 33.6 Å². The van der Waals surface area contributed by atoms with Crippen LogP contribution in [0.4, 0.5) is 0 Å². The number of carbonyl (C=O) groups is 1. The SMILES string of the molecule is Cc1c(O)cccc1C(=O)N1CCCC1CC(O)c1ccccc1. The van der Waals surface area contributed by atoms with Crippen molar-refractivity contribution in [3.63, 3.8) is 0 Å². The van der Waals surface area contributed by atoms with Crippen molar-refractivity contribution in [3.8, 4) is 5.75 Å². The predicted octanol–water partition coefficient (Wildman–Crippen LogP) is 3.43. The van der Waals surface area contributed by atoms with Crippen LogP contribution in [0.25, 0.3) is 0 Å². The molecule has 2 aromatic carbocycles. The lowest BCUT2D eigenvalue weighted by molar-refractivity contribution is 0.0666. The van der Waals surface area contributed by atoms with Crippen LogP contribution in [0.3, 0.4) is 0 Å². The van der Waals surface area contributed by atoms with E-state index in [0.717, 1.165) is 18.4 Å². The van der Waals surface area contributed by atoms with Gasteiger partial charge in [-0.3, -0.25) is 4.79 Å². The molecular weight excluding hydrogens is 302 g/mol. The summed E-state index contributed by atoms with van der Waals surface area (Å²) in [6.07, 6.45) is 1.80. The average Bonchev–Trinajstić information content (AvgIpc) is 3.05. The van der Waals surface area contributed by atoms with E-state index in [-0.39, 0.29) is 17.7 Å². The second kappa shape index (κ2) is 7.05. The molecule has 1 amide bonds. The minimum absolute atomic E-state index is 0.0226. The molecule has 2 unspecified atom stereocenters. The first kappa shape index (κ1) is 16.5. The number of nitrogens with zero attached hydrogens (tertiary/aromatic N) is 1. The third kappa shape index (κ3) is 3.29. The summed E-state index contributed by atoms with van der Waals surface area (Å²) in [6.45, 7) is 2.45. The van der Waals surface area contributed by atoms with E-state index in [1.165, 1.54) is 0 Å². The fourth-order valence-electron chi connectivity index (χ4n) is 3.43. The number of phenolic OH excluding ortho intramolecular Hbond substituents is 1. The molecule has 1 aliphatic heterocycles. The van der Waals surface area contributed by atoms with Crippen LogP contribution in [0.5, 0.6) is 5.75 Å². The molecule has 0 saturated carbocycles. The van der Waals surface area contributed by atoms with E-state index in [1.807, 2.05) is 35.2 Å². The molecule has 4 heteroatoms. The van der Waals surface area contributed by atoms with Crippen LogP contribution in [0.1, 0.15) is 46.9 Å². The first-order valence-electron chi connectivity index (χ1n) is 8.40. The third-order valence-electron chi connectivity index (χ3n) is 4.85. The van der Waals surface area contributed by atoms with Crippen molar-refractivity contribution in [1.29, 1.82) is 0 Å². The first-order chi connectivity index (χ1) is 11.6. The van der Waals surface area contributed by atoms with Gasteiger partial charge in [-0.15, -0.1) is 0 Å². The predicted molar refractivity (Wildman–Crippen MR) is 92.9 cm³/mol. The highest BCUT2D eigenvalue weighted by Gasteiger charge is 2.32. The Morgan fingerprint density at radius 2 is 1.96 bits per heavy atom.